The van der Waals surface area contributed by atoms with Crippen LogP contribution in [-0.2, 0) is 24.1 Å². The van der Waals surface area contributed by atoms with Gasteiger partial charge in [-0.2, -0.15) is 0 Å². The molecule has 204 valence electrons. The fourth-order valence-corrected chi connectivity index (χ4v) is 5.83. The lowest BCUT2D eigenvalue weighted by Gasteiger charge is -2.42. The number of ether oxygens (including phenoxy) is 1. The van der Waals surface area contributed by atoms with Crippen molar-refractivity contribution in [3.63, 3.8) is 0 Å². The number of hydrogen-bond donors (Lipinski definition) is 0. The van der Waals surface area contributed by atoms with Gasteiger partial charge >= 0.3 is 6.09 Å². The van der Waals surface area contributed by atoms with E-state index in [-0.39, 0.29) is 30.1 Å². The van der Waals surface area contributed by atoms with Crippen molar-refractivity contribution in [3.8, 4) is 0 Å². The number of hydrogen-bond acceptors (Lipinski definition) is 6. The second-order valence-electron chi connectivity index (χ2n) is 10.8. The fraction of sp³-hybridized carbons (Fsp3) is 0.571. The third kappa shape index (κ3) is 5.18. The SMILES string of the molecule is CCN(C)C(=O)OC[N+]1(CCc2c(C)nc3n(c2=O)CCCC3)CCC(c2noc3cc(F)ccc23)CC1. The van der Waals surface area contributed by atoms with Crippen molar-refractivity contribution in [1.82, 2.24) is 19.6 Å². The van der Waals surface area contributed by atoms with Gasteiger partial charge in [0.05, 0.1) is 25.3 Å². The van der Waals surface area contributed by atoms with E-state index in [1.165, 1.54) is 12.1 Å². The van der Waals surface area contributed by atoms with Crippen molar-refractivity contribution in [2.24, 2.45) is 0 Å². The van der Waals surface area contributed by atoms with Crippen LogP contribution in [0.25, 0.3) is 11.0 Å². The van der Waals surface area contributed by atoms with Crippen LogP contribution in [0.1, 0.15) is 61.3 Å². The summed E-state index contributed by atoms with van der Waals surface area (Å²) in [6.07, 6.45) is 4.80. The van der Waals surface area contributed by atoms with E-state index in [2.05, 4.69) is 5.16 Å². The highest BCUT2D eigenvalue weighted by molar-refractivity contribution is 5.79. The summed E-state index contributed by atoms with van der Waals surface area (Å²) < 4.78 is 27.2. The topological polar surface area (TPSA) is 90.5 Å². The number of halogens is 1. The maximum absolute atomic E-state index is 13.6. The number of quaternary nitrogens is 1. The maximum atomic E-state index is 13.6. The zero-order valence-electron chi connectivity index (χ0n) is 22.5. The first-order chi connectivity index (χ1) is 18.3. The fourth-order valence-electron chi connectivity index (χ4n) is 5.83. The summed E-state index contributed by atoms with van der Waals surface area (Å²) in [5.74, 6) is 0.712. The molecule has 2 aliphatic heterocycles. The standard InChI is InChI=1S/C28H37FN5O4/c1-4-32(3)28(36)37-18-34(16-12-22-19(2)30-25-7-5-6-13-33(25)27(22)35)14-10-20(11-15-34)26-23-9-8-21(29)17-24(23)38-31-26/h8-9,17,20H,4-7,10-16,18H2,1-3H3/q+1. The highest BCUT2D eigenvalue weighted by Gasteiger charge is 2.38. The zero-order chi connectivity index (χ0) is 26.9. The molecule has 0 N–H and O–H groups in total. The Kier molecular flexibility index (Phi) is 7.52. The Balaban J connectivity index is 1.35. The van der Waals surface area contributed by atoms with Crippen LogP contribution in [0, 0.1) is 12.7 Å². The summed E-state index contributed by atoms with van der Waals surface area (Å²) in [7, 11) is 1.72. The van der Waals surface area contributed by atoms with Gasteiger partial charge in [-0.05, 0) is 38.8 Å². The summed E-state index contributed by atoms with van der Waals surface area (Å²) in [5, 5.41) is 5.12. The third-order valence-corrected chi connectivity index (χ3v) is 8.42. The number of likely N-dealkylation sites (tertiary alicyclic amines) is 1. The van der Waals surface area contributed by atoms with Gasteiger partial charge in [0.1, 0.15) is 11.6 Å². The molecule has 9 nitrogen and oxygen atoms in total. The minimum absolute atomic E-state index is 0.0734. The molecule has 2 aromatic heterocycles. The second kappa shape index (κ2) is 10.8. The summed E-state index contributed by atoms with van der Waals surface area (Å²) in [6, 6.07) is 4.53. The predicted molar refractivity (Wildman–Crippen MR) is 140 cm³/mol. The van der Waals surface area contributed by atoms with Crippen molar-refractivity contribution < 1.29 is 22.9 Å². The van der Waals surface area contributed by atoms with E-state index in [9.17, 15) is 14.0 Å². The highest BCUT2D eigenvalue weighted by Crippen LogP contribution is 2.35. The molecule has 10 heteroatoms. The average molecular weight is 527 g/mol. The first-order valence-corrected chi connectivity index (χ1v) is 13.7. The van der Waals surface area contributed by atoms with E-state index in [1.54, 1.807) is 18.0 Å². The first kappa shape index (κ1) is 26.3. The van der Waals surface area contributed by atoms with Crippen LogP contribution in [0.15, 0.2) is 27.5 Å². The molecule has 1 saturated heterocycles. The molecule has 1 aromatic carbocycles. The molecule has 2 aliphatic rings. The van der Waals surface area contributed by atoms with Crippen LogP contribution in [0.3, 0.4) is 0 Å². The minimum Gasteiger partial charge on any atom is -0.399 e. The lowest BCUT2D eigenvalue weighted by Crippen LogP contribution is -2.56. The number of piperidine rings is 1. The normalized spacial score (nSPS) is 21.3. The van der Waals surface area contributed by atoms with Crippen molar-refractivity contribution in [2.75, 3.05) is 40.0 Å². The molecule has 0 spiro atoms. The van der Waals surface area contributed by atoms with Gasteiger partial charge < -0.3 is 14.2 Å². The molecule has 0 bridgehead atoms. The second-order valence-corrected chi connectivity index (χ2v) is 10.8. The molecule has 4 heterocycles. The monoisotopic (exact) mass is 526 g/mol. The molecule has 0 saturated carbocycles. The number of aryl methyl sites for hydroxylation is 2. The van der Waals surface area contributed by atoms with Crippen LogP contribution in [-0.4, -0.2) is 70.1 Å². The third-order valence-electron chi connectivity index (χ3n) is 8.42. The van der Waals surface area contributed by atoms with Crippen LogP contribution in [0.5, 0.6) is 0 Å². The Hall–Kier alpha value is -3.27. The van der Waals surface area contributed by atoms with Crippen LogP contribution in [0.2, 0.25) is 0 Å². The number of carbonyl (C=O) groups is 1. The molecule has 5 rings (SSSR count). The number of rotatable bonds is 7. The lowest BCUT2D eigenvalue weighted by atomic mass is 9.90. The molecule has 1 amide bonds. The van der Waals surface area contributed by atoms with E-state index in [1.807, 2.05) is 18.4 Å². The number of benzene rings is 1. The molecular weight excluding hydrogens is 489 g/mol. The molecule has 38 heavy (non-hydrogen) atoms. The number of aromatic nitrogens is 3. The Morgan fingerprint density at radius 3 is 2.84 bits per heavy atom. The van der Waals surface area contributed by atoms with Gasteiger partial charge in [-0.3, -0.25) is 13.8 Å². The van der Waals surface area contributed by atoms with Gasteiger partial charge in [-0.25, -0.2) is 14.2 Å². The van der Waals surface area contributed by atoms with Crippen molar-refractivity contribution in [2.45, 2.75) is 64.8 Å². The Bertz CT molecular complexity index is 1380. The van der Waals surface area contributed by atoms with Gasteiger partial charge in [0.2, 0.25) is 6.73 Å². The van der Waals surface area contributed by atoms with E-state index < -0.39 is 0 Å². The van der Waals surface area contributed by atoms with Gasteiger partial charge in [-0.15, -0.1) is 0 Å². The molecule has 0 atom stereocenters. The molecule has 1 fully saturated rings. The molecule has 0 unspecified atom stereocenters. The van der Waals surface area contributed by atoms with E-state index in [0.29, 0.717) is 29.6 Å². The van der Waals surface area contributed by atoms with Crippen molar-refractivity contribution in [1.29, 1.82) is 0 Å². The predicted octanol–water partition coefficient (Wildman–Crippen LogP) is 4.15. The maximum Gasteiger partial charge on any atom is 0.413 e. The van der Waals surface area contributed by atoms with Crippen LogP contribution >= 0.6 is 0 Å². The van der Waals surface area contributed by atoms with Gasteiger partial charge in [-0.1, -0.05) is 5.16 Å². The summed E-state index contributed by atoms with van der Waals surface area (Å²) in [5.41, 5.74) is 2.95. The smallest absolute Gasteiger partial charge is 0.399 e. The zero-order valence-corrected chi connectivity index (χ0v) is 22.5. The van der Waals surface area contributed by atoms with Gasteiger partial charge in [0.25, 0.3) is 5.56 Å². The van der Waals surface area contributed by atoms with Crippen LogP contribution in [0.4, 0.5) is 9.18 Å². The quantitative estimate of drug-likeness (QED) is 0.430. The molecular formula is C28H37FN5O4+. The lowest BCUT2D eigenvalue weighted by molar-refractivity contribution is -0.948. The summed E-state index contributed by atoms with van der Waals surface area (Å²) in [4.78, 5) is 32.2. The Labute approximate surface area is 221 Å². The highest BCUT2D eigenvalue weighted by atomic mass is 19.1. The Morgan fingerprint density at radius 2 is 2.08 bits per heavy atom. The Morgan fingerprint density at radius 1 is 1.29 bits per heavy atom. The molecule has 0 aliphatic carbocycles. The molecule has 3 aromatic rings. The van der Waals surface area contributed by atoms with Crippen molar-refractivity contribution >= 4 is 17.1 Å². The van der Waals surface area contributed by atoms with Gasteiger partial charge in [0.15, 0.2) is 5.58 Å². The van der Waals surface area contributed by atoms with Gasteiger partial charge in [0, 0.05) is 74.4 Å². The number of carbonyl (C=O) groups excluding carboxylic acids is 1. The minimum atomic E-state index is -0.346. The van der Waals surface area contributed by atoms with Crippen LogP contribution < -0.4 is 5.56 Å². The number of fused-ring (bicyclic) bond motifs is 2. The first-order valence-electron chi connectivity index (χ1n) is 13.7. The molecule has 0 radical (unpaired) electrons. The van der Waals surface area contributed by atoms with E-state index >= 15 is 0 Å². The average Bonchev–Trinajstić information content (AvgIpc) is 3.34. The van der Waals surface area contributed by atoms with E-state index in [0.717, 1.165) is 79.9 Å². The largest absolute Gasteiger partial charge is 0.413 e. The van der Waals surface area contributed by atoms with E-state index in [4.69, 9.17) is 14.2 Å². The number of amides is 1. The summed E-state index contributed by atoms with van der Waals surface area (Å²) in [6.45, 7) is 7.59. The number of nitrogens with zero attached hydrogens (tertiary/aromatic N) is 5. The summed E-state index contributed by atoms with van der Waals surface area (Å²) >= 11 is 0. The van der Waals surface area contributed by atoms with Crippen molar-refractivity contribution in [3.05, 3.63) is 57.1 Å².